The summed E-state index contributed by atoms with van der Waals surface area (Å²) >= 11 is 1.35. The molecule has 31 heavy (non-hydrogen) atoms. The molecule has 0 bridgehead atoms. The third kappa shape index (κ3) is 4.93. The topological polar surface area (TPSA) is 53.0 Å². The van der Waals surface area contributed by atoms with Crippen LogP contribution >= 0.6 is 11.9 Å². The van der Waals surface area contributed by atoms with Crippen molar-refractivity contribution in [3.05, 3.63) is 48.0 Å². The number of rotatable bonds is 6. The van der Waals surface area contributed by atoms with Crippen molar-refractivity contribution in [2.24, 2.45) is 11.8 Å². The third-order valence-electron chi connectivity index (χ3n) is 5.54. The van der Waals surface area contributed by atoms with Gasteiger partial charge in [-0.1, -0.05) is 18.2 Å². The highest BCUT2D eigenvalue weighted by atomic mass is 32.2. The highest BCUT2D eigenvalue weighted by Crippen LogP contribution is 2.47. The van der Waals surface area contributed by atoms with E-state index >= 15 is 0 Å². The summed E-state index contributed by atoms with van der Waals surface area (Å²) in [6.45, 7) is 0.903. The molecule has 0 aromatic heterocycles. The molecule has 1 aliphatic carbocycles. The zero-order valence-corrected chi connectivity index (χ0v) is 17.7. The van der Waals surface area contributed by atoms with Gasteiger partial charge in [-0.2, -0.15) is 13.2 Å². The molecule has 1 atom stereocenters. The van der Waals surface area contributed by atoms with E-state index in [1.807, 2.05) is 46.6 Å². The molecule has 166 valence electrons. The van der Waals surface area contributed by atoms with Gasteiger partial charge in [-0.05, 0) is 62.0 Å². The standard InChI is InChI=1S/C22H23F3N2O3S/c1-26-9-10-27(15-5-3-2-4-6-15)18-11-17(22(23,24)25)19(12-20(18)31-26)30-13-16(21(28)29)14-7-8-14/h2-6,11-12,14,16H,7-10,13H2,1H3,(H,28,29). The van der Waals surface area contributed by atoms with E-state index in [1.165, 1.54) is 18.0 Å². The Kier molecular flexibility index (Phi) is 6.07. The van der Waals surface area contributed by atoms with Gasteiger partial charge in [0.05, 0.1) is 22.1 Å². The van der Waals surface area contributed by atoms with Gasteiger partial charge in [0.15, 0.2) is 0 Å². The average molecular weight is 452 g/mol. The van der Waals surface area contributed by atoms with E-state index in [-0.39, 0.29) is 18.3 Å². The second-order valence-corrected chi connectivity index (χ2v) is 9.08. The number of anilines is 2. The van der Waals surface area contributed by atoms with Crippen molar-refractivity contribution in [3.8, 4) is 5.75 Å². The van der Waals surface area contributed by atoms with Crippen LogP contribution in [0.1, 0.15) is 18.4 Å². The molecule has 1 unspecified atom stereocenters. The second kappa shape index (κ2) is 8.63. The summed E-state index contributed by atoms with van der Waals surface area (Å²) < 4.78 is 49.3. The van der Waals surface area contributed by atoms with E-state index in [4.69, 9.17) is 4.74 Å². The van der Waals surface area contributed by atoms with Gasteiger partial charge < -0.3 is 14.7 Å². The Morgan fingerprint density at radius 2 is 1.94 bits per heavy atom. The molecule has 2 aromatic carbocycles. The quantitative estimate of drug-likeness (QED) is 0.602. The fourth-order valence-electron chi connectivity index (χ4n) is 3.71. The van der Waals surface area contributed by atoms with E-state index in [0.29, 0.717) is 23.7 Å². The second-order valence-electron chi connectivity index (χ2n) is 7.84. The number of halogens is 3. The van der Waals surface area contributed by atoms with E-state index in [9.17, 15) is 23.1 Å². The van der Waals surface area contributed by atoms with Crippen LogP contribution in [-0.4, -0.2) is 42.1 Å². The number of hydrogen-bond acceptors (Lipinski definition) is 5. The van der Waals surface area contributed by atoms with Gasteiger partial charge in [-0.3, -0.25) is 4.79 Å². The number of carboxylic acid groups (broad SMARTS) is 1. The first-order valence-electron chi connectivity index (χ1n) is 10.1. The molecule has 0 radical (unpaired) electrons. The zero-order valence-electron chi connectivity index (χ0n) is 16.9. The summed E-state index contributed by atoms with van der Waals surface area (Å²) in [6, 6.07) is 11.8. The number of hydrogen-bond donors (Lipinski definition) is 1. The number of benzene rings is 2. The Balaban J connectivity index is 1.74. The first-order chi connectivity index (χ1) is 14.7. The summed E-state index contributed by atoms with van der Waals surface area (Å²) in [4.78, 5) is 14.0. The predicted molar refractivity (Wildman–Crippen MR) is 113 cm³/mol. The van der Waals surface area contributed by atoms with Gasteiger partial charge in [0.1, 0.15) is 12.4 Å². The third-order valence-corrected chi connectivity index (χ3v) is 6.56. The number of alkyl halides is 3. The lowest BCUT2D eigenvalue weighted by Crippen LogP contribution is -2.25. The van der Waals surface area contributed by atoms with E-state index < -0.39 is 23.6 Å². The van der Waals surface area contributed by atoms with Crippen molar-refractivity contribution >= 4 is 29.3 Å². The predicted octanol–water partition coefficient (Wildman–Crippen LogP) is 5.29. The first-order valence-corrected chi connectivity index (χ1v) is 10.8. The zero-order chi connectivity index (χ0) is 22.2. The maximum absolute atomic E-state index is 13.9. The summed E-state index contributed by atoms with van der Waals surface area (Å²) in [5.74, 6) is -2.18. The number of carbonyl (C=O) groups is 1. The molecule has 1 heterocycles. The normalized spacial score (nSPS) is 18.3. The van der Waals surface area contributed by atoms with Crippen LogP contribution in [0.3, 0.4) is 0 Å². The monoisotopic (exact) mass is 452 g/mol. The molecule has 2 aromatic rings. The number of nitrogens with zero attached hydrogens (tertiary/aromatic N) is 2. The van der Waals surface area contributed by atoms with Crippen LogP contribution in [0.25, 0.3) is 0 Å². The molecule has 1 saturated carbocycles. The van der Waals surface area contributed by atoms with Crippen molar-refractivity contribution < 1.29 is 27.8 Å². The van der Waals surface area contributed by atoms with Crippen LogP contribution in [0.5, 0.6) is 5.75 Å². The van der Waals surface area contributed by atoms with Gasteiger partial charge in [0, 0.05) is 18.8 Å². The van der Waals surface area contributed by atoms with Crippen LogP contribution < -0.4 is 9.64 Å². The summed E-state index contributed by atoms with van der Waals surface area (Å²) in [7, 11) is 1.88. The lowest BCUT2D eigenvalue weighted by Gasteiger charge is -2.26. The van der Waals surface area contributed by atoms with Crippen LogP contribution in [0.2, 0.25) is 0 Å². The van der Waals surface area contributed by atoms with Crippen molar-refractivity contribution in [2.75, 3.05) is 31.6 Å². The lowest BCUT2D eigenvalue weighted by molar-refractivity contribution is -0.143. The summed E-state index contributed by atoms with van der Waals surface area (Å²) in [6.07, 6.45) is -3.10. The lowest BCUT2D eigenvalue weighted by atomic mass is 10.1. The summed E-state index contributed by atoms with van der Waals surface area (Å²) in [5.41, 5.74) is 0.371. The minimum Gasteiger partial charge on any atom is -0.492 e. The van der Waals surface area contributed by atoms with Crippen LogP contribution in [0.15, 0.2) is 47.4 Å². The fourth-order valence-corrected chi connectivity index (χ4v) is 4.64. The van der Waals surface area contributed by atoms with E-state index in [2.05, 4.69) is 0 Å². The molecule has 1 aliphatic heterocycles. The Morgan fingerprint density at radius 1 is 1.23 bits per heavy atom. The molecule has 1 fully saturated rings. The molecule has 4 rings (SSSR count). The average Bonchev–Trinajstić information content (AvgIpc) is 3.54. The molecule has 2 aliphatic rings. The highest BCUT2D eigenvalue weighted by Gasteiger charge is 2.39. The number of ether oxygens (including phenoxy) is 1. The number of fused-ring (bicyclic) bond motifs is 1. The molecular formula is C22H23F3N2O3S. The molecule has 0 saturated heterocycles. The van der Waals surface area contributed by atoms with Gasteiger partial charge in [-0.25, -0.2) is 4.31 Å². The Bertz CT molecular complexity index is 951. The maximum Gasteiger partial charge on any atom is 0.420 e. The van der Waals surface area contributed by atoms with E-state index in [0.717, 1.165) is 24.6 Å². The van der Waals surface area contributed by atoms with Crippen molar-refractivity contribution in [1.29, 1.82) is 0 Å². The molecule has 1 N–H and O–H groups in total. The molecule has 0 amide bonds. The molecular weight excluding hydrogens is 429 g/mol. The van der Waals surface area contributed by atoms with Crippen LogP contribution in [-0.2, 0) is 11.0 Å². The van der Waals surface area contributed by atoms with E-state index in [1.54, 1.807) is 0 Å². The molecule has 5 nitrogen and oxygen atoms in total. The number of aliphatic carboxylic acids is 1. The Labute approximate surface area is 182 Å². The van der Waals surface area contributed by atoms with Crippen molar-refractivity contribution in [1.82, 2.24) is 4.31 Å². The maximum atomic E-state index is 13.9. The minimum atomic E-state index is -4.63. The van der Waals surface area contributed by atoms with Crippen molar-refractivity contribution in [2.45, 2.75) is 23.9 Å². The Morgan fingerprint density at radius 3 is 2.55 bits per heavy atom. The first kappa shape index (κ1) is 21.8. The van der Waals surface area contributed by atoms with Crippen LogP contribution in [0, 0.1) is 11.8 Å². The molecule has 0 spiro atoms. The molecule has 9 heteroatoms. The number of likely N-dealkylation sites (N-methyl/N-ethyl adjacent to an activating group) is 1. The van der Waals surface area contributed by atoms with Crippen LogP contribution in [0.4, 0.5) is 24.5 Å². The van der Waals surface area contributed by atoms with Gasteiger partial charge in [0.25, 0.3) is 0 Å². The smallest absolute Gasteiger partial charge is 0.420 e. The van der Waals surface area contributed by atoms with Gasteiger partial charge in [-0.15, -0.1) is 0 Å². The largest absolute Gasteiger partial charge is 0.492 e. The van der Waals surface area contributed by atoms with Crippen molar-refractivity contribution in [3.63, 3.8) is 0 Å². The minimum absolute atomic E-state index is 0.0262. The SMILES string of the molecule is CN1CCN(c2ccccc2)c2cc(C(F)(F)F)c(OCC(C(=O)O)C3CC3)cc2S1. The highest BCUT2D eigenvalue weighted by molar-refractivity contribution is 7.97. The number of para-hydroxylation sites is 1. The van der Waals surface area contributed by atoms with Gasteiger partial charge >= 0.3 is 12.1 Å². The number of carboxylic acids is 1. The summed E-state index contributed by atoms with van der Waals surface area (Å²) in [5, 5.41) is 9.40. The Hall–Kier alpha value is -2.39. The van der Waals surface area contributed by atoms with Gasteiger partial charge in [0.2, 0.25) is 0 Å². The fraction of sp³-hybridized carbons (Fsp3) is 0.409.